The van der Waals surface area contributed by atoms with Crippen LogP contribution < -0.4 is 5.32 Å². The predicted molar refractivity (Wildman–Crippen MR) is 63.1 cm³/mol. The van der Waals surface area contributed by atoms with E-state index in [1.54, 1.807) is 12.4 Å². The summed E-state index contributed by atoms with van der Waals surface area (Å²) in [5.41, 5.74) is 4.15. The van der Waals surface area contributed by atoms with Gasteiger partial charge in [0.15, 0.2) is 0 Å². The fraction of sp³-hybridized carbons (Fsp3) is 0.250. The fourth-order valence-electron chi connectivity index (χ4n) is 1.49. The van der Waals surface area contributed by atoms with Crippen molar-refractivity contribution in [3.63, 3.8) is 0 Å². The van der Waals surface area contributed by atoms with Crippen molar-refractivity contribution in [3.05, 3.63) is 47.8 Å². The number of hydrogen-bond donors (Lipinski definition) is 1. The molecule has 0 unspecified atom stereocenters. The third-order valence-corrected chi connectivity index (χ3v) is 2.32. The summed E-state index contributed by atoms with van der Waals surface area (Å²) in [7, 11) is 0. The second-order valence-corrected chi connectivity index (χ2v) is 3.69. The molecule has 0 atom stereocenters. The van der Waals surface area contributed by atoms with Gasteiger partial charge in [0.1, 0.15) is 6.33 Å². The highest BCUT2D eigenvalue weighted by Crippen LogP contribution is 2.13. The summed E-state index contributed by atoms with van der Waals surface area (Å²) in [6, 6.07) is 4.04. The number of rotatable bonds is 3. The van der Waals surface area contributed by atoms with E-state index in [0.29, 0.717) is 6.54 Å². The van der Waals surface area contributed by atoms with Crippen LogP contribution in [-0.4, -0.2) is 15.0 Å². The Labute approximate surface area is 94.8 Å². The summed E-state index contributed by atoms with van der Waals surface area (Å²) < 4.78 is 0. The number of pyridine rings is 1. The molecule has 0 radical (unpaired) electrons. The van der Waals surface area contributed by atoms with Crippen molar-refractivity contribution >= 4 is 5.69 Å². The van der Waals surface area contributed by atoms with Crippen LogP contribution >= 0.6 is 0 Å². The van der Waals surface area contributed by atoms with Crippen LogP contribution in [0.15, 0.2) is 30.9 Å². The molecule has 4 nitrogen and oxygen atoms in total. The first-order valence-corrected chi connectivity index (χ1v) is 5.18. The van der Waals surface area contributed by atoms with Crippen molar-refractivity contribution in [3.8, 4) is 0 Å². The first-order valence-electron chi connectivity index (χ1n) is 5.18. The summed E-state index contributed by atoms with van der Waals surface area (Å²) in [6.45, 7) is 4.70. The van der Waals surface area contributed by atoms with Gasteiger partial charge in [-0.3, -0.25) is 4.98 Å². The Balaban J connectivity index is 2.05. The van der Waals surface area contributed by atoms with Crippen molar-refractivity contribution in [1.29, 1.82) is 0 Å². The average molecular weight is 214 g/mol. The Hall–Kier alpha value is -1.97. The molecular weight excluding hydrogens is 200 g/mol. The predicted octanol–water partition coefficient (Wildman–Crippen LogP) is 2.10. The van der Waals surface area contributed by atoms with Crippen LogP contribution in [0.2, 0.25) is 0 Å². The van der Waals surface area contributed by atoms with E-state index in [1.807, 2.05) is 26.0 Å². The molecule has 0 aliphatic heterocycles. The zero-order chi connectivity index (χ0) is 11.4. The molecule has 4 heteroatoms. The van der Waals surface area contributed by atoms with Gasteiger partial charge in [0, 0.05) is 30.2 Å². The van der Waals surface area contributed by atoms with Gasteiger partial charge in [-0.05, 0) is 26.0 Å². The molecule has 0 amide bonds. The summed E-state index contributed by atoms with van der Waals surface area (Å²) in [5.74, 6) is 0. The van der Waals surface area contributed by atoms with E-state index in [2.05, 4.69) is 20.3 Å². The lowest BCUT2D eigenvalue weighted by molar-refractivity contribution is 1.03. The van der Waals surface area contributed by atoms with Crippen LogP contribution in [0.5, 0.6) is 0 Å². The lowest BCUT2D eigenvalue weighted by atomic mass is 10.2. The van der Waals surface area contributed by atoms with Crippen LogP contribution in [-0.2, 0) is 6.54 Å². The number of nitrogens with one attached hydrogen (secondary N) is 1. The highest BCUT2D eigenvalue weighted by Gasteiger charge is 1.99. The van der Waals surface area contributed by atoms with E-state index in [4.69, 9.17) is 0 Å². The number of aromatic nitrogens is 3. The number of aryl methyl sites for hydroxylation is 2. The Morgan fingerprint density at radius 1 is 1.12 bits per heavy atom. The minimum atomic E-state index is 0.715. The molecule has 0 aliphatic carbocycles. The monoisotopic (exact) mass is 214 g/mol. The molecule has 2 heterocycles. The Kier molecular flexibility index (Phi) is 3.10. The van der Waals surface area contributed by atoms with Gasteiger partial charge in [0.05, 0.1) is 11.4 Å². The van der Waals surface area contributed by atoms with Gasteiger partial charge in [-0.25, -0.2) is 9.97 Å². The lowest BCUT2D eigenvalue weighted by Gasteiger charge is -2.08. The van der Waals surface area contributed by atoms with Crippen LogP contribution in [0.4, 0.5) is 5.69 Å². The normalized spacial score (nSPS) is 10.1. The average Bonchev–Trinajstić information content (AvgIpc) is 2.29. The van der Waals surface area contributed by atoms with Crippen molar-refractivity contribution < 1.29 is 0 Å². The SMILES string of the molecule is Cc1ccc(NCc2cncnc2)c(C)n1. The number of anilines is 1. The van der Waals surface area contributed by atoms with Gasteiger partial charge in [-0.1, -0.05) is 0 Å². The first kappa shape index (κ1) is 10.5. The summed E-state index contributed by atoms with van der Waals surface area (Å²) in [6.07, 6.45) is 5.14. The second-order valence-electron chi connectivity index (χ2n) is 3.69. The maximum Gasteiger partial charge on any atom is 0.115 e. The largest absolute Gasteiger partial charge is 0.379 e. The van der Waals surface area contributed by atoms with Crippen LogP contribution in [0, 0.1) is 13.8 Å². The van der Waals surface area contributed by atoms with Gasteiger partial charge >= 0.3 is 0 Å². The Morgan fingerprint density at radius 3 is 2.56 bits per heavy atom. The van der Waals surface area contributed by atoms with Crippen molar-refractivity contribution in [2.24, 2.45) is 0 Å². The lowest BCUT2D eigenvalue weighted by Crippen LogP contribution is -2.03. The minimum absolute atomic E-state index is 0.715. The molecule has 0 bridgehead atoms. The van der Waals surface area contributed by atoms with E-state index in [-0.39, 0.29) is 0 Å². The molecule has 1 N–H and O–H groups in total. The van der Waals surface area contributed by atoms with Crippen molar-refractivity contribution in [2.45, 2.75) is 20.4 Å². The molecule has 0 saturated heterocycles. The van der Waals surface area contributed by atoms with Gasteiger partial charge in [-0.15, -0.1) is 0 Å². The van der Waals surface area contributed by atoms with Crippen LogP contribution in [0.3, 0.4) is 0 Å². The Morgan fingerprint density at radius 2 is 1.88 bits per heavy atom. The molecule has 82 valence electrons. The van der Waals surface area contributed by atoms with E-state index in [1.165, 1.54) is 6.33 Å². The van der Waals surface area contributed by atoms with Gasteiger partial charge in [0.2, 0.25) is 0 Å². The molecule has 0 aromatic carbocycles. The highest BCUT2D eigenvalue weighted by molar-refractivity contribution is 5.47. The van der Waals surface area contributed by atoms with Crippen molar-refractivity contribution in [1.82, 2.24) is 15.0 Å². The zero-order valence-corrected chi connectivity index (χ0v) is 9.44. The molecule has 2 aromatic rings. The topological polar surface area (TPSA) is 50.7 Å². The minimum Gasteiger partial charge on any atom is -0.379 e. The quantitative estimate of drug-likeness (QED) is 0.850. The van der Waals surface area contributed by atoms with Crippen LogP contribution in [0.25, 0.3) is 0 Å². The molecule has 0 spiro atoms. The fourth-order valence-corrected chi connectivity index (χ4v) is 1.49. The maximum atomic E-state index is 4.39. The van der Waals surface area contributed by atoms with E-state index in [9.17, 15) is 0 Å². The summed E-state index contributed by atoms with van der Waals surface area (Å²) >= 11 is 0. The zero-order valence-electron chi connectivity index (χ0n) is 9.44. The Bertz CT molecular complexity index is 468. The van der Waals surface area contributed by atoms with E-state index >= 15 is 0 Å². The maximum absolute atomic E-state index is 4.39. The van der Waals surface area contributed by atoms with Gasteiger partial charge in [-0.2, -0.15) is 0 Å². The summed E-state index contributed by atoms with van der Waals surface area (Å²) in [5, 5.41) is 3.31. The van der Waals surface area contributed by atoms with E-state index in [0.717, 1.165) is 22.6 Å². The smallest absolute Gasteiger partial charge is 0.115 e. The summed E-state index contributed by atoms with van der Waals surface area (Å²) in [4.78, 5) is 12.3. The third kappa shape index (κ3) is 2.53. The van der Waals surface area contributed by atoms with Gasteiger partial charge < -0.3 is 5.32 Å². The van der Waals surface area contributed by atoms with E-state index < -0.39 is 0 Å². The third-order valence-electron chi connectivity index (χ3n) is 2.32. The molecule has 0 saturated carbocycles. The molecule has 16 heavy (non-hydrogen) atoms. The molecule has 0 aliphatic rings. The second kappa shape index (κ2) is 4.70. The molecule has 2 aromatic heterocycles. The van der Waals surface area contributed by atoms with Crippen molar-refractivity contribution in [2.75, 3.05) is 5.32 Å². The number of hydrogen-bond acceptors (Lipinski definition) is 4. The molecule has 2 rings (SSSR count). The standard InChI is InChI=1S/C12H14N4/c1-9-3-4-12(10(2)16-9)15-7-11-5-13-8-14-6-11/h3-6,8,15H,7H2,1-2H3. The molecular formula is C12H14N4. The van der Waals surface area contributed by atoms with Crippen LogP contribution in [0.1, 0.15) is 17.0 Å². The van der Waals surface area contributed by atoms with Gasteiger partial charge in [0.25, 0.3) is 0 Å². The first-order chi connectivity index (χ1) is 7.75. The highest BCUT2D eigenvalue weighted by atomic mass is 14.9. The number of nitrogens with zero attached hydrogens (tertiary/aromatic N) is 3. The molecule has 0 fully saturated rings.